The molecule has 0 amide bonds. The Morgan fingerprint density at radius 2 is 2.09 bits per heavy atom. The summed E-state index contributed by atoms with van der Waals surface area (Å²) in [6.07, 6.45) is 0. The minimum atomic E-state index is -0.372. The Morgan fingerprint density at radius 1 is 1.32 bits per heavy atom. The van der Waals surface area contributed by atoms with Gasteiger partial charge in [0.1, 0.15) is 0 Å². The van der Waals surface area contributed by atoms with Gasteiger partial charge in [-0.2, -0.15) is 0 Å². The van der Waals surface area contributed by atoms with Gasteiger partial charge in [-0.3, -0.25) is 15.0 Å². The molecule has 5 nitrogen and oxygen atoms in total. The van der Waals surface area contributed by atoms with E-state index in [1.165, 1.54) is 6.07 Å². The van der Waals surface area contributed by atoms with Crippen molar-refractivity contribution in [2.75, 3.05) is 26.2 Å². The molecular weight excluding hydrogens is 322 g/mol. The van der Waals surface area contributed by atoms with Crippen LogP contribution in [0.25, 0.3) is 0 Å². The second-order valence-electron chi connectivity index (χ2n) is 5.17. The number of nitro benzene ring substituents is 1. The summed E-state index contributed by atoms with van der Waals surface area (Å²) < 4.78 is 0. The molecule has 116 valence electrons. The van der Waals surface area contributed by atoms with Crippen molar-refractivity contribution in [2.24, 2.45) is 0 Å². The zero-order valence-electron chi connectivity index (χ0n) is 11.9. The third kappa shape index (κ3) is 3.15. The summed E-state index contributed by atoms with van der Waals surface area (Å²) in [4.78, 5) is 14.2. The van der Waals surface area contributed by atoms with Gasteiger partial charge in [-0.05, 0) is 23.1 Å². The monoisotopic (exact) mass is 337 g/mol. The standard InChI is InChI=1S/C15H16ClN3O2S/c16-13-4-3-11(19(20)21)10-12(13)15(14-2-1-9-22-14)18-7-5-17-6-8-18/h1-4,9-10,15,17H,5-8H2/t15-/m0/s1. The SMILES string of the molecule is O=[N+]([O-])c1ccc(Cl)c([C@@H](c2cccs2)N2CCNCC2)c1. The smallest absolute Gasteiger partial charge is 0.269 e. The molecule has 1 N–H and O–H groups in total. The van der Waals surface area contributed by atoms with E-state index in [9.17, 15) is 10.1 Å². The lowest BCUT2D eigenvalue weighted by molar-refractivity contribution is -0.384. The second-order valence-corrected chi connectivity index (χ2v) is 6.55. The molecule has 0 saturated carbocycles. The molecular formula is C15H16ClN3O2S. The maximum atomic E-state index is 11.1. The van der Waals surface area contributed by atoms with Gasteiger partial charge >= 0.3 is 0 Å². The van der Waals surface area contributed by atoms with Crippen molar-refractivity contribution in [3.05, 3.63) is 61.3 Å². The average molecular weight is 338 g/mol. The first-order chi connectivity index (χ1) is 10.7. The van der Waals surface area contributed by atoms with E-state index >= 15 is 0 Å². The Labute approximate surface area is 137 Å². The average Bonchev–Trinajstić information content (AvgIpc) is 3.04. The first kappa shape index (κ1) is 15.4. The second kappa shape index (κ2) is 6.75. The lowest BCUT2D eigenvalue weighted by Crippen LogP contribution is -2.45. The number of nitrogens with one attached hydrogen (secondary N) is 1. The Balaban J connectivity index is 2.05. The number of hydrogen-bond donors (Lipinski definition) is 1. The Hall–Kier alpha value is -1.47. The van der Waals surface area contributed by atoms with Crippen LogP contribution < -0.4 is 5.32 Å². The van der Waals surface area contributed by atoms with Gasteiger partial charge < -0.3 is 5.32 Å². The van der Waals surface area contributed by atoms with Gasteiger partial charge in [0.05, 0.1) is 11.0 Å². The van der Waals surface area contributed by atoms with Gasteiger partial charge in [0.25, 0.3) is 5.69 Å². The number of halogens is 1. The van der Waals surface area contributed by atoms with Crippen LogP contribution in [0.15, 0.2) is 35.7 Å². The van der Waals surface area contributed by atoms with Crippen molar-refractivity contribution in [3.63, 3.8) is 0 Å². The van der Waals surface area contributed by atoms with Crippen LogP contribution >= 0.6 is 22.9 Å². The molecule has 0 bridgehead atoms. The van der Waals surface area contributed by atoms with E-state index < -0.39 is 0 Å². The van der Waals surface area contributed by atoms with Crippen LogP contribution in [-0.4, -0.2) is 36.0 Å². The first-order valence-corrected chi connectivity index (χ1v) is 8.34. The van der Waals surface area contributed by atoms with E-state index in [1.807, 2.05) is 11.4 Å². The third-order valence-electron chi connectivity index (χ3n) is 3.81. The fourth-order valence-electron chi connectivity index (χ4n) is 2.77. The summed E-state index contributed by atoms with van der Waals surface area (Å²) in [7, 11) is 0. The van der Waals surface area contributed by atoms with Crippen molar-refractivity contribution in [1.29, 1.82) is 0 Å². The van der Waals surface area contributed by atoms with E-state index in [0.717, 1.165) is 36.6 Å². The predicted octanol–water partition coefficient (Wildman–Crippen LogP) is 3.30. The third-order valence-corrected chi connectivity index (χ3v) is 5.08. The highest BCUT2D eigenvalue weighted by molar-refractivity contribution is 7.10. The number of rotatable bonds is 4. The predicted molar refractivity (Wildman–Crippen MR) is 88.7 cm³/mol. The van der Waals surface area contributed by atoms with Gasteiger partial charge in [0.15, 0.2) is 0 Å². The molecule has 0 unspecified atom stereocenters. The van der Waals surface area contributed by atoms with Crippen molar-refractivity contribution in [1.82, 2.24) is 10.2 Å². The van der Waals surface area contributed by atoms with Crippen LogP contribution in [0.1, 0.15) is 16.5 Å². The van der Waals surface area contributed by atoms with E-state index in [2.05, 4.69) is 16.3 Å². The van der Waals surface area contributed by atoms with Gasteiger partial charge in [0.2, 0.25) is 0 Å². The molecule has 1 aromatic carbocycles. The molecule has 7 heteroatoms. The van der Waals surface area contributed by atoms with Crippen LogP contribution in [0.3, 0.4) is 0 Å². The molecule has 22 heavy (non-hydrogen) atoms. The summed E-state index contributed by atoms with van der Waals surface area (Å²) in [5.41, 5.74) is 0.885. The number of thiophene rings is 1. The zero-order chi connectivity index (χ0) is 15.5. The minimum Gasteiger partial charge on any atom is -0.314 e. The number of benzene rings is 1. The van der Waals surface area contributed by atoms with Crippen LogP contribution in [0.2, 0.25) is 5.02 Å². The Kier molecular flexibility index (Phi) is 4.73. The van der Waals surface area contributed by atoms with Gasteiger partial charge in [0, 0.05) is 48.2 Å². The summed E-state index contributed by atoms with van der Waals surface area (Å²) in [5.74, 6) is 0. The van der Waals surface area contributed by atoms with Gasteiger partial charge in [-0.15, -0.1) is 11.3 Å². The number of piperazine rings is 1. The lowest BCUT2D eigenvalue weighted by atomic mass is 10.0. The molecule has 2 aromatic rings. The normalized spacial score (nSPS) is 17.3. The van der Waals surface area contributed by atoms with Crippen LogP contribution in [0.4, 0.5) is 5.69 Å². The quantitative estimate of drug-likeness (QED) is 0.687. The van der Waals surface area contributed by atoms with Gasteiger partial charge in [-0.1, -0.05) is 17.7 Å². The fraction of sp³-hybridized carbons (Fsp3) is 0.333. The molecule has 2 heterocycles. The summed E-state index contributed by atoms with van der Waals surface area (Å²) >= 11 is 8.02. The molecule has 0 spiro atoms. The fourth-order valence-corrected chi connectivity index (χ4v) is 3.87. The Morgan fingerprint density at radius 3 is 2.73 bits per heavy atom. The highest BCUT2D eigenvalue weighted by Crippen LogP contribution is 2.37. The molecule has 0 aliphatic carbocycles. The van der Waals surface area contributed by atoms with Gasteiger partial charge in [-0.25, -0.2) is 0 Å². The topological polar surface area (TPSA) is 58.4 Å². The van der Waals surface area contributed by atoms with Crippen LogP contribution in [0, 0.1) is 10.1 Å². The largest absolute Gasteiger partial charge is 0.314 e. The van der Waals surface area contributed by atoms with E-state index in [0.29, 0.717) is 5.02 Å². The van der Waals surface area contributed by atoms with Crippen LogP contribution in [0.5, 0.6) is 0 Å². The van der Waals surface area contributed by atoms with Crippen molar-refractivity contribution < 1.29 is 4.92 Å². The molecule has 1 aliphatic rings. The lowest BCUT2D eigenvalue weighted by Gasteiger charge is -2.35. The van der Waals surface area contributed by atoms with E-state index in [4.69, 9.17) is 11.6 Å². The molecule has 3 rings (SSSR count). The van der Waals surface area contributed by atoms with Crippen molar-refractivity contribution in [2.45, 2.75) is 6.04 Å². The molecule has 1 saturated heterocycles. The summed E-state index contributed by atoms with van der Waals surface area (Å²) in [6.45, 7) is 3.60. The molecule has 0 radical (unpaired) electrons. The minimum absolute atomic E-state index is 0.0329. The Bertz CT molecular complexity index is 657. The van der Waals surface area contributed by atoms with Crippen molar-refractivity contribution in [3.8, 4) is 0 Å². The molecule has 1 fully saturated rings. The van der Waals surface area contributed by atoms with E-state index in [1.54, 1.807) is 23.5 Å². The maximum Gasteiger partial charge on any atom is 0.269 e. The maximum absolute atomic E-state index is 11.1. The summed E-state index contributed by atoms with van der Waals surface area (Å²) in [5, 5.41) is 17.0. The first-order valence-electron chi connectivity index (χ1n) is 7.09. The number of nitro groups is 1. The zero-order valence-corrected chi connectivity index (χ0v) is 13.4. The number of hydrogen-bond acceptors (Lipinski definition) is 5. The van der Waals surface area contributed by atoms with Crippen molar-refractivity contribution >= 4 is 28.6 Å². The summed E-state index contributed by atoms with van der Waals surface area (Å²) in [6, 6.07) is 8.71. The highest BCUT2D eigenvalue weighted by Gasteiger charge is 2.27. The van der Waals surface area contributed by atoms with Crippen LogP contribution in [-0.2, 0) is 0 Å². The molecule has 1 aliphatic heterocycles. The highest BCUT2D eigenvalue weighted by atomic mass is 35.5. The number of nitrogens with zero attached hydrogens (tertiary/aromatic N) is 2. The molecule has 1 atom stereocenters. The van der Waals surface area contributed by atoms with E-state index in [-0.39, 0.29) is 16.7 Å². The number of non-ortho nitro benzene ring substituents is 1. The molecule has 1 aromatic heterocycles.